The lowest BCUT2D eigenvalue weighted by molar-refractivity contribution is -0.276. The van der Waals surface area contributed by atoms with Crippen molar-refractivity contribution in [1.82, 2.24) is 4.98 Å². The Labute approximate surface area is 91.0 Å². The van der Waals surface area contributed by atoms with Gasteiger partial charge >= 0.3 is 6.36 Å². The molecule has 1 aromatic heterocycles. The van der Waals surface area contributed by atoms with Crippen LogP contribution in [0.3, 0.4) is 0 Å². The second-order valence-electron chi connectivity index (χ2n) is 2.72. The third kappa shape index (κ3) is 3.40. The molecule has 0 unspecified atom stereocenters. The summed E-state index contributed by atoms with van der Waals surface area (Å²) in [7, 11) is 0.837. The van der Waals surface area contributed by atoms with E-state index in [-0.39, 0.29) is 6.07 Å². The average molecular weight is 261 g/mol. The van der Waals surface area contributed by atoms with Gasteiger partial charge in [0.2, 0.25) is 5.95 Å². The van der Waals surface area contributed by atoms with Gasteiger partial charge in [0.1, 0.15) is 0 Å². The molecule has 9 heteroatoms. The predicted molar refractivity (Wildman–Crippen MR) is 42.4 cm³/mol. The molecule has 1 rings (SSSR count). The molecule has 96 valence electrons. The molecule has 17 heavy (non-hydrogen) atoms. The van der Waals surface area contributed by atoms with Gasteiger partial charge in [0.25, 0.3) is 12.3 Å². The summed E-state index contributed by atoms with van der Waals surface area (Å²) in [4.78, 5) is 2.71. The van der Waals surface area contributed by atoms with Gasteiger partial charge in [0.05, 0.1) is 12.7 Å². The molecule has 0 fully saturated rings. The van der Waals surface area contributed by atoms with Gasteiger partial charge in [-0.1, -0.05) is 0 Å². The Bertz CT molecular complexity index is 406. The van der Waals surface area contributed by atoms with Crippen molar-refractivity contribution in [2.45, 2.75) is 12.8 Å². The molecule has 3 nitrogen and oxygen atoms in total. The number of rotatable bonds is 3. The molecule has 0 aliphatic heterocycles. The maximum Gasteiger partial charge on any atom is 0.574 e. The van der Waals surface area contributed by atoms with Crippen molar-refractivity contribution < 1.29 is 35.8 Å². The SMILES string of the molecule is COc1c(C(F)F)cc(F)nc1OC(F)(F)F. The third-order valence-corrected chi connectivity index (χ3v) is 1.59. The summed E-state index contributed by atoms with van der Waals surface area (Å²) in [5.41, 5.74) is -1.07. The van der Waals surface area contributed by atoms with Crippen molar-refractivity contribution in [3.63, 3.8) is 0 Å². The minimum Gasteiger partial charge on any atom is -0.491 e. The smallest absolute Gasteiger partial charge is 0.491 e. The standard InChI is InChI=1S/C8H5F6NO2/c1-16-5-3(6(10)11)2-4(9)15-7(5)17-8(12,13)14/h2,6H,1H3. The van der Waals surface area contributed by atoms with Crippen molar-refractivity contribution in [2.24, 2.45) is 0 Å². The highest BCUT2D eigenvalue weighted by molar-refractivity contribution is 5.42. The predicted octanol–water partition coefficient (Wildman–Crippen LogP) is 3.07. The zero-order chi connectivity index (χ0) is 13.2. The number of halogens is 6. The molecule has 0 N–H and O–H groups in total. The minimum absolute atomic E-state index is 0.271. The van der Waals surface area contributed by atoms with Crippen LogP contribution >= 0.6 is 0 Å². The summed E-state index contributed by atoms with van der Waals surface area (Å²) >= 11 is 0. The molecule has 1 aromatic rings. The number of methoxy groups -OCH3 is 1. The van der Waals surface area contributed by atoms with Crippen LogP contribution in [0.15, 0.2) is 6.07 Å². The number of nitrogens with zero attached hydrogens (tertiary/aromatic N) is 1. The third-order valence-electron chi connectivity index (χ3n) is 1.59. The van der Waals surface area contributed by atoms with Crippen molar-refractivity contribution in [3.05, 3.63) is 17.6 Å². The van der Waals surface area contributed by atoms with E-state index in [4.69, 9.17) is 0 Å². The van der Waals surface area contributed by atoms with Crippen molar-refractivity contribution in [2.75, 3.05) is 7.11 Å². The number of alkyl halides is 5. The van der Waals surface area contributed by atoms with E-state index in [0.29, 0.717) is 0 Å². The Morgan fingerprint density at radius 1 is 1.29 bits per heavy atom. The van der Waals surface area contributed by atoms with Crippen molar-refractivity contribution in [1.29, 1.82) is 0 Å². The number of aromatic nitrogens is 1. The van der Waals surface area contributed by atoms with E-state index in [9.17, 15) is 26.3 Å². The lowest BCUT2D eigenvalue weighted by atomic mass is 10.2. The molecule has 0 aliphatic rings. The number of pyridine rings is 1. The van der Waals surface area contributed by atoms with Crippen LogP contribution in [-0.4, -0.2) is 18.5 Å². The highest BCUT2D eigenvalue weighted by Gasteiger charge is 2.35. The highest BCUT2D eigenvalue weighted by atomic mass is 19.4. The quantitative estimate of drug-likeness (QED) is 0.619. The van der Waals surface area contributed by atoms with E-state index in [2.05, 4.69) is 14.5 Å². The van der Waals surface area contributed by atoms with Gasteiger partial charge in [0.15, 0.2) is 5.75 Å². The van der Waals surface area contributed by atoms with E-state index < -0.39 is 35.9 Å². The fourth-order valence-corrected chi connectivity index (χ4v) is 1.04. The summed E-state index contributed by atoms with van der Waals surface area (Å²) in [5, 5.41) is 0. The first-order valence-corrected chi connectivity index (χ1v) is 4.03. The van der Waals surface area contributed by atoms with E-state index in [0.717, 1.165) is 7.11 Å². The molecular weight excluding hydrogens is 256 g/mol. The summed E-state index contributed by atoms with van der Waals surface area (Å²) < 4.78 is 80.8. The Morgan fingerprint density at radius 2 is 1.88 bits per heavy atom. The molecule has 0 saturated carbocycles. The number of hydrogen-bond donors (Lipinski definition) is 0. The van der Waals surface area contributed by atoms with Crippen LogP contribution in [0.25, 0.3) is 0 Å². The summed E-state index contributed by atoms with van der Waals surface area (Å²) in [6.07, 6.45) is -8.41. The summed E-state index contributed by atoms with van der Waals surface area (Å²) in [6.45, 7) is 0. The van der Waals surface area contributed by atoms with E-state index in [1.807, 2.05) is 0 Å². The summed E-state index contributed by atoms with van der Waals surface area (Å²) in [5.74, 6) is -3.88. The van der Waals surface area contributed by atoms with Crippen LogP contribution in [0, 0.1) is 5.95 Å². The molecule has 0 aromatic carbocycles. The van der Waals surface area contributed by atoms with Gasteiger partial charge in [-0.25, -0.2) is 8.78 Å². The highest BCUT2D eigenvalue weighted by Crippen LogP contribution is 2.38. The minimum atomic E-state index is -5.19. The first-order valence-electron chi connectivity index (χ1n) is 4.03. The van der Waals surface area contributed by atoms with Crippen LogP contribution in [0.5, 0.6) is 11.6 Å². The zero-order valence-electron chi connectivity index (χ0n) is 8.19. The number of ether oxygens (including phenoxy) is 2. The molecule has 0 bridgehead atoms. The van der Waals surface area contributed by atoms with Gasteiger partial charge < -0.3 is 9.47 Å². The van der Waals surface area contributed by atoms with Crippen LogP contribution in [-0.2, 0) is 0 Å². The van der Waals surface area contributed by atoms with Crippen molar-refractivity contribution in [3.8, 4) is 11.6 Å². The van der Waals surface area contributed by atoms with Crippen LogP contribution in [0.1, 0.15) is 12.0 Å². The van der Waals surface area contributed by atoms with Crippen LogP contribution < -0.4 is 9.47 Å². The van der Waals surface area contributed by atoms with Gasteiger partial charge in [-0.05, 0) is 0 Å². The second-order valence-corrected chi connectivity index (χ2v) is 2.72. The fourth-order valence-electron chi connectivity index (χ4n) is 1.04. The Kier molecular flexibility index (Phi) is 3.69. The van der Waals surface area contributed by atoms with Crippen LogP contribution in [0.2, 0.25) is 0 Å². The average Bonchev–Trinajstić information content (AvgIpc) is 2.14. The normalized spacial score (nSPS) is 11.8. The first-order chi connectivity index (χ1) is 7.74. The maximum absolute atomic E-state index is 12.7. The van der Waals surface area contributed by atoms with Gasteiger partial charge in [-0.3, -0.25) is 0 Å². The number of hydrogen-bond acceptors (Lipinski definition) is 3. The molecule has 0 spiro atoms. The maximum atomic E-state index is 12.7. The Hall–Kier alpha value is -1.67. The molecule has 1 heterocycles. The van der Waals surface area contributed by atoms with Gasteiger partial charge in [-0.2, -0.15) is 9.37 Å². The van der Waals surface area contributed by atoms with E-state index in [1.165, 1.54) is 0 Å². The fraction of sp³-hybridized carbons (Fsp3) is 0.375. The van der Waals surface area contributed by atoms with E-state index >= 15 is 0 Å². The largest absolute Gasteiger partial charge is 0.574 e. The Morgan fingerprint density at radius 3 is 2.29 bits per heavy atom. The monoisotopic (exact) mass is 261 g/mol. The molecule has 0 radical (unpaired) electrons. The topological polar surface area (TPSA) is 31.4 Å². The van der Waals surface area contributed by atoms with Gasteiger partial charge in [0, 0.05) is 6.07 Å². The zero-order valence-corrected chi connectivity index (χ0v) is 8.19. The first kappa shape index (κ1) is 13.4. The Balaban J connectivity index is 3.28. The van der Waals surface area contributed by atoms with E-state index in [1.54, 1.807) is 0 Å². The van der Waals surface area contributed by atoms with Gasteiger partial charge in [-0.15, -0.1) is 13.2 Å². The molecular formula is C8H5F6NO2. The second kappa shape index (κ2) is 4.68. The molecule has 0 atom stereocenters. The molecule has 0 aliphatic carbocycles. The summed E-state index contributed by atoms with van der Waals surface area (Å²) in [6, 6.07) is 0.271. The van der Waals surface area contributed by atoms with Crippen molar-refractivity contribution >= 4 is 0 Å². The lowest BCUT2D eigenvalue weighted by Crippen LogP contribution is -2.19. The van der Waals surface area contributed by atoms with Crippen LogP contribution in [0.4, 0.5) is 26.3 Å². The molecule has 0 amide bonds. The molecule has 0 saturated heterocycles. The lowest BCUT2D eigenvalue weighted by Gasteiger charge is -2.14.